The maximum atomic E-state index is 12.5. The molecule has 0 unspecified atom stereocenters. The quantitative estimate of drug-likeness (QED) is 0.572. The average molecular weight is 400 g/mol. The summed E-state index contributed by atoms with van der Waals surface area (Å²) in [5.74, 6) is 7.10. The topological polar surface area (TPSA) is 85.8 Å². The Morgan fingerprint density at radius 3 is 2.72 bits per heavy atom. The molecule has 2 aromatic rings. The minimum Gasteiger partial charge on any atom is -0.349 e. The molecule has 1 aromatic carbocycles. The third-order valence-electron chi connectivity index (χ3n) is 4.07. The smallest absolute Gasteiger partial charge is 0.233 e. The van der Waals surface area contributed by atoms with Crippen molar-refractivity contribution in [1.82, 2.24) is 20.2 Å². The summed E-state index contributed by atoms with van der Waals surface area (Å²) >= 11 is 13.4. The van der Waals surface area contributed by atoms with Gasteiger partial charge in [-0.05, 0) is 44.4 Å². The normalized spacial score (nSPS) is 16.5. The molecule has 0 radical (unpaired) electrons. The average Bonchev–Trinajstić information content (AvgIpc) is 3.32. The van der Waals surface area contributed by atoms with Crippen LogP contribution in [0.2, 0.25) is 10.0 Å². The Balaban J connectivity index is 1.62. The Morgan fingerprint density at radius 2 is 2.08 bits per heavy atom. The molecule has 1 aliphatic carbocycles. The molecule has 25 heavy (non-hydrogen) atoms. The predicted octanol–water partition coefficient (Wildman–Crippen LogP) is 3.53. The van der Waals surface area contributed by atoms with E-state index in [0.717, 1.165) is 24.2 Å². The van der Waals surface area contributed by atoms with E-state index >= 15 is 0 Å². The first-order valence-electron chi connectivity index (χ1n) is 7.99. The van der Waals surface area contributed by atoms with E-state index in [1.807, 2.05) is 19.9 Å². The number of carbonyl (C=O) groups excluding carboxylic acids is 1. The molecule has 1 fully saturated rings. The number of amides is 1. The molecule has 0 saturated heterocycles. The van der Waals surface area contributed by atoms with Crippen LogP contribution in [0.4, 0.5) is 0 Å². The Hall–Kier alpha value is -1.44. The van der Waals surface area contributed by atoms with E-state index in [2.05, 4.69) is 15.5 Å². The highest BCUT2D eigenvalue weighted by Crippen LogP contribution is 2.39. The number of nitrogens with one attached hydrogen (secondary N) is 1. The zero-order chi connectivity index (χ0) is 18.1. The number of benzene rings is 1. The maximum absolute atomic E-state index is 12.5. The van der Waals surface area contributed by atoms with Crippen LogP contribution in [0.5, 0.6) is 0 Å². The number of hydrogen-bond acceptors (Lipinski definition) is 5. The minimum absolute atomic E-state index is 0.125. The highest BCUT2D eigenvalue weighted by atomic mass is 35.5. The lowest BCUT2D eigenvalue weighted by Gasteiger charge is -2.18. The van der Waals surface area contributed by atoms with Gasteiger partial charge in [0.1, 0.15) is 0 Å². The lowest BCUT2D eigenvalue weighted by Crippen LogP contribution is -2.33. The molecule has 1 amide bonds. The van der Waals surface area contributed by atoms with E-state index in [-0.39, 0.29) is 17.2 Å². The monoisotopic (exact) mass is 399 g/mol. The van der Waals surface area contributed by atoms with Crippen molar-refractivity contribution in [2.24, 2.45) is 0 Å². The van der Waals surface area contributed by atoms with Crippen LogP contribution in [0.15, 0.2) is 23.4 Å². The summed E-state index contributed by atoms with van der Waals surface area (Å²) in [7, 11) is 0. The van der Waals surface area contributed by atoms with Crippen molar-refractivity contribution in [3.05, 3.63) is 39.6 Å². The van der Waals surface area contributed by atoms with Crippen molar-refractivity contribution in [2.75, 3.05) is 5.84 Å². The molecule has 9 heteroatoms. The van der Waals surface area contributed by atoms with Gasteiger partial charge in [-0.25, -0.2) is 4.68 Å². The Bertz CT molecular complexity index is 793. The van der Waals surface area contributed by atoms with E-state index in [1.54, 1.807) is 12.1 Å². The highest BCUT2D eigenvalue weighted by molar-refractivity contribution is 8.00. The van der Waals surface area contributed by atoms with Crippen molar-refractivity contribution in [1.29, 1.82) is 0 Å². The number of aromatic nitrogens is 3. The van der Waals surface area contributed by atoms with Gasteiger partial charge >= 0.3 is 0 Å². The number of thioether (sulfide) groups is 1. The van der Waals surface area contributed by atoms with Crippen LogP contribution >= 0.6 is 35.0 Å². The van der Waals surface area contributed by atoms with E-state index in [4.69, 9.17) is 29.0 Å². The summed E-state index contributed by atoms with van der Waals surface area (Å²) in [6.45, 7) is 3.68. The van der Waals surface area contributed by atoms with Crippen LogP contribution in [0, 0.1) is 0 Å². The van der Waals surface area contributed by atoms with Gasteiger partial charge in [-0.1, -0.05) is 41.0 Å². The van der Waals surface area contributed by atoms with E-state index < -0.39 is 0 Å². The molecular formula is C16H19Cl2N5OS. The fourth-order valence-electron chi connectivity index (χ4n) is 2.46. The summed E-state index contributed by atoms with van der Waals surface area (Å²) in [6, 6.07) is 4.99. The fourth-order valence-corrected chi connectivity index (χ4v) is 3.82. The van der Waals surface area contributed by atoms with Crippen LogP contribution in [0.3, 0.4) is 0 Å². The number of nitrogens with zero attached hydrogens (tertiary/aromatic N) is 3. The van der Waals surface area contributed by atoms with Gasteiger partial charge in [-0.2, -0.15) is 0 Å². The van der Waals surface area contributed by atoms with Crippen molar-refractivity contribution >= 4 is 40.9 Å². The highest BCUT2D eigenvalue weighted by Gasteiger charge is 2.30. The molecule has 6 nitrogen and oxygen atoms in total. The molecule has 1 saturated carbocycles. The zero-order valence-electron chi connectivity index (χ0n) is 13.9. The molecule has 3 rings (SSSR count). The van der Waals surface area contributed by atoms with Gasteiger partial charge in [0.25, 0.3) is 0 Å². The van der Waals surface area contributed by atoms with Crippen LogP contribution in [-0.4, -0.2) is 26.0 Å². The summed E-state index contributed by atoms with van der Waals surface area (Å²) < 4.78 is 1.49. The number of rotatable bonds is 6. The largest absolute Gasteiger partial charge is 0.349 e. The number of nitrogen functional groups attached to an aromatic ring is 1. The van der Waals surface area contributed by atoms with Crippen molar-refractivity contribution in [3.8, 4) is 0 Å². The van der Waals surface area contributed by atoms with Crippen LogP contribution in [0.25, 0.3) is 0 Å². The lowest BCUT2D eigenvalue weighted by molar-refractivity contribution is -0.120. The van der Waals surface area contributed by atoms with Crippen LogP contribution in [0.1, 0.15) is 50.0 Å². The standard InChI is InChI=1S/C16H19Cl2N5OS/c1-8(12-6-5-11(17)7-13(12)18)20-15(24)9(2)25-16-22-21-14(23(16)19)10-3-4-10/h5-10H,3-4,19H2,1-2H3,(H,20,24)/t8-,9+/m0/s1. The first-order valence-corrected chi connectivity index (χ1v) is 9.62. The van der Waals surface area contributed by atoms with E-state index in [0.29, 0.717) is 21.1 Å². The van der Waals surface area contributed by atoms with Gasteiger partial charge in [0.05, 0.1) is 11.3 Å². The summed E-state index contributed by atoms with van der Waals surface area (Å²) in [5, 5.41) is 12.4. The van der Waals surface area contributed by atoms with Gasteiger partial charge in [0, 0.05) is 16.0 Å². The zero-order valence-corrected chi connectivity index (χ0v) is 16.2. The molecule has 2 atom stereocenters. The SMILES string of the molecule is C[C@H](NC(=O)[C@@H](C)Sc1nnc(C2CC2)n1N)c1ccc(Cl)cc1Cl. The van der Waals surface area contributed by atoms with Gasteiger partial charge < -0.3 is 11.2 Å². The second-order valence-corrected chi connectivity index (χ2v) is 8.29. The Kier molecular flexibility index (Phi) is 5.46. The third kappa shape index (κ3) is 4.22. The van der Waals surface area contributed by atoms with E-state index in [9.17, 15) is 4.79 Å². The number of hydrogen-bond donors (Lipinski definition) is 2. The molecule has 0 aliphatic heterocycles. The lowest BCUT2D eigenvalue weighted by atomic mass is 10.1. The molecule has 0 bridgehead atoms. The molecule has 1 aliphatic rings. The van der Waals surface area contributed by atoms with Gasteiger partial charge in [0.15, 0.2) is 5.82 Å². The number of nitrogens with two attached hydrogens (primary N) is 1. The summed E-state index contributed by atoms with van der Waals surface area (Å²) in [4.78, 5) is 12.5. The Labute approximate surface area is 160 Å². The number of halogens is 2. The second kappa shape index (κ2) is 7.43. The van der Waals surface area contributed by atoms with Crippen LogP contribution in [-0.2, 0) is 4.79 Å². The van der Waals surface area contributed by atoms with Crippen molar-refractivity contribution in [2.45, 2.75) is 49.1 Å². The second-order valence-electron chi connectivity index (χ2n) is 6.14. The fraction of sp³-hybridized carbons (Fsp3) is 0.438. The minimum atomic E-state index is -0.368. The molecular weight excluding hydrogens is 381 g/mol. The first kappa shape index (κ1) is 18.4. The summed E-state index contributed by atoms with van der Waals surface area (Å²) in [6.07, 6.45) is 2.19. The molecule has 1 aromatic heterocycles. The molecule has 134 valence electrons. The van der Waals surface area contributed by atoms with Crippen molar-refractivity contribution < 1.29 is 4.79 Å². The maximum Gasteiger partial charge on any atom is 0.233 e. The van der Waals surface area contributed by atoms with Gasteiger partial charge in [-0.3, -0.25) is 4.79 Å². The van der Waals surface area contributed by atoms with Gasteiger partial charge in [-0.15, -0.1) is 10.2 Å². The predicted molar refractivity (Wildman–Crippen MR) is 100 cm³/mol. The van der Waals surface area contributed by atoms with Crippen LogP contribution < -0.4 is 11.2 Å². The molecule has 1 heterocycles. The number of carbonyl (C=O) groups is 1. The van der Waals surface area contributed by atoms with Crippen molar-refractivity contribution in [3.63, 3.8) is 0 Å². The third-order valence-corrected chi connectivity index (χ3v) is 5.69. The summed E-state index contributed by atoms with van der Waals surface area (Å²) in [5.41, 5.74) is 0.814. The first-order chi connectivity index (χ1) is 11.9. The molecule has 3 N–H and O–H groups in total. The van der Waals surface area contributed by atoms with Gasteiger partial charge in [0.2, 0.25) is 11.1 Å². The van der Waals surface area contributed by atoms with E-state index in [1.165, 1.54) is 16.4 Å². The Morgan fingerprint density at radius 1 is 1.36 bits per heavy atom. The molecule has 0 spiro atoms.